The zero-order valence-corrected chi connectivity index (χ0v) is 20.3. The molecule has 2 heterocycles. The van der Waals surface area contributed by atoms with Crippen LogP contribution in [0.15, 0.2) is 82.4 Å². The lowest BCUT2D eigenvalue weighted by atomic mass is 10.2. The number of hydrogen-bond donors (Lipinski definition) is 1. The van der Waals surface area contributed by atoms with Crippen LogP contribution in [0.3, 0.4) is 0 Å². The molecule has 0 radical (unpaired) electrons. The summed E-state index contributed by atoms with van der Waals surface area (Å²) in [7, 11) is 3.34. The van der Waals surface area contributed by atoms with Gasteiger partial charge in [-0.2, -0.15) is 0 Å². The van der Waals surface area contributed by atoms with Crippen molar-refractivity contribution in [3.05, 3.63) is 105 Å². The largest absolute Gasteiger partial charge is 0.497 e. The normalized spacial score (nSPS) is 11.2. The van der Waals surface area contributed by atoms with Gasteiger partial charge >= 0.3 is 5.69 Å². The Morgan fingerprint density at radius 3 is 2.33 bits per heavy atom. The molecular formula is C28H26N4O4. The zero-order valence-electron chi connectivity index (χ0n) is 20.3. The highest BCUT2D eigenvalue weighted by atomic mass is 16.5. The number of aromatic nitrogens is 3. The molecule has 0 aliphatic rings. The summed E-state index contributed by atoms with van der Waals surface area (Å²) < 4.78 is 9.73. The van der Waals surface area contributed by atoms with Crippen molar-refractivity contribution in [3.8, 4) is 5.75 Å². The lowest BCUT2D eigenvalue weighted by molar-refractivity contribution is -0.116. The van der Waals surface area contributed by atoms with Crippen molar-refractivity contribution in [2.45, 2.75) is 20.0 Å². The van der Waals surface area contributed by atoms with Crippen LogP contribution in [0.5, 0.6) is 5.75 Å². The van der Waals surface area contributed by atoms with Crippen LogP contribution in [0, 0.1) is 6.92 Å². The molecular weight excluding hydrogens is 456 g/mol. The topological polar surface area (TPSA) is 87.3 Å². The average molecular weight is 483 g/mol. The molecule has 8 heteroatoms. The molecule has 0 fully saturated rings. The number of hydrogen-bond acceptors (Lipinski definition) is 4. The summed E-state index contributed by atoms with van der Waals surface area (Å²) in [5.41, 5.74) is 3.06. The van der Waals surface area contributed by atoms with Crippen LogP contribution < -0.4 is 21.3 Å². The molecule has 0 atom stereocenters. The van der Waals surface area contributed by atoms with Crippen LogP contribution in [0.4, 0.5) is 5.69 Å². The predicted molar refractivity (Wildman–Crippen MR) is 141 cm³/mol. The van der Waals surface area contributed by atoms with E-state index in [1.807, 2.05) is 67.6 Å². The molecule has 1 N–H and O–H groups in total. The van der Waals surface area contributed by atoms with Crippen LogP contribution in [0.1, 0.15) is 11.1 Å². The van der Waals surface area contributed by atoms with Gasteiger partial charge in [0.25, 0.3) is 5.56 Å². The van der Waals surface area contributed by atoms with Crippen LogP contribution in [-0.4, -0.2) is 26.7 Å². The van der Waals surface area contributed by atoms with Gasteiger partial charge in [0.05, 0.1) is 24.7 Å². The Bertz CT molecular complexity index is 1710. The molecule has 0 spiro atoms. The number of benzene rings is 3. The second kappa shape index (κ2) is 9.22. The van der Waals surface area contributed by atoms with E-state index in [0.29, 0.717) is 27.9 Å². The first-order chi connectivity index (χ1) is 17.4. The highest BCUT2D eigenvalue weighted by Gasteiger charge is 2.22. The van der Waals surface area contributed by atoms with Gasteiger partial charge in [0.2, 0.25) is 5.91 Å². The molecule has 36 heavy (non-hydrogen) atoms. The number of rotatable bonds is 6. The van der Waals surface area contributed by atoms with Crippen molar-refractivity contribution in [1.82, 2.24) is 13.7 Å². The van der Waals surface area contributed by atoms with Gasteiger partial charge in [-0.1, -0.05) is 48.0 Å². The number of methoxy groups -OCH3 is 1. The van der Waals surface area contributed by atoms with E-state index >= 15 is 0 Å². The van der Waals surface area contributed by atoms with Crippen molar-refractivity contribution < 1.29 is 9.53 Å². The maximum Gasteiger partial charge on any atom is 0.332 e. The summed E-state index contributed by atoms with van der Waals surface area (Å²) in [6.45, 7) is 1.81. The van der Waals surface area contributed by atoms with Crippen molar-refractivity contribution in [3.63, 3.8) is 0 Å². The van der Waals surface area contributed by atoms with Gasteiger partial charge in [-0.3, -0.25) is 18.7 Å². The molecule has 5 aromatic rings. The highest BCUT2D eigenvalue weighted by molar-refractivity contribution is 6.06. The number of ether oxygens (including phenoxy) is 1. The maximum absolute atomic E-state index is 13.8. The minimum Gasteiger partial charge on any atom is -0.497 e. The number of fused-ring (bicyclic) bond motifs is 3. The van der Waals surface area contributed by atoms with Crippen LogP contribution in [0.25, 0.3) is 21.9 Å². The smallest absolute Gasteiger partial charge is 0.332 e. The first-order valence-corrected chi connectivity index (χ1v) is 11.6. The number of anilines is 1. The summed E-state index contributed by atoms with van der Waals surface area (Å²) in [6.07, 6.45) is 0. The standard InChI is InChI=1S/C28H26N4O4/c1-18-9-11-20(12-10-18)29-24(33)17-31-25-22-15-21(36-3)13-14-23(22)30(2)26(25)27(34)32(28(31)35)16-19-7-5-4-6-8-19/h4-15H,16-17H2,1-3H3,(H,29,33). The average Bonchev–Trinajstić information content (AvgIpc) is 3.18. The van der Waals surface area contributed by atoms with Crippen LogP contribution >= 0.6 is 0 Å². The SMILES string of the molecule is COc1ccc2c(c1)c1c(c(=O)n(Cc3ccccc3)c(=O)n1CC(=O)Nc1ccc(C)cc1)n2C. The third kappa shape index (κ3) is 4.07. The number of nitrogens with zero attached hydrogens (tertiary/aromatic N) is 3. The Balaban J connectivity index is 1.72. The molecule has 5 rings (SSSR count). The lowest BCUT2D eigenvalue weighted by Crippen LogP contribution is -2.42. The summed E-state index contributed by atoms with van der Waals surface area (Å²) in [6, 6.07) is 22.2. The molecule has 2 aromatic heterocycles. The van der Waals surface area contributed by atoms with Gasteiger partial charge in [-0.15, -0.1) is 0 Å². The van der Waals surface area contributed by atoms with Crippen molar-refractivity contribution in [2.24, 2.45) is 7.05 Å². The van der Waals surface area contributed by atoms with E-state index in [1.165, 1.54) is 9.13 Å². The maximum atomic E-state index is 13.8. The van der Waals surface area contributed by atoms with Gasteiger partial charge < -0.3 is 14.6 Å². The van der Waals surface area contributed by atoms with E-state index in [4.69, 9.17) is 4.74 Å². The molecule has 0 bridgehead atoms. The Morgan fingerprint density at radius 2 is 1.64 bits per heavy atom. The minimum absolute atomic E-state index is 0.0961. The Hall–Kier alpha value is -4.59. The number of carbonyl (C=O) groups is 1. The summed E-state index contributed by atoms with van der Waals surface area (Å²) in [5, 5.41) is 3.52. The first-order valence-electron chi connectivity index (χ1n) is 11.6. The van der Waals surface area contributed by atoms with Crippen LogP contribution in [0.2, 0.25) is 0 Å². The third-order valence-electron chi connectivity index (χ3n) is 6.38. The van der Waals surface area contributed by atoms with E-state index in [2.05, 4.69) is 5.32 Å². The van der Waals surface area contributed by atoms with Crippen molar-refractivity contribution >= 4 is 33.5 Å². The van der Waals surface area contributed by atoms with Crippen LogP contribution in [-0.2, 0) is 24.9 Å². The molecule has 182 valence electrons. The highest BCUT2D eigenvalue weighted by Crippen LogP contribution is 2.29. The Kier molecular flexibility index (Phi) is 5.93. The van der Waals surface area contributed by atoms with Gasteiger partial charge in [0, 0.05) is 18.1 Å². The van der Waals surface area contributed by atoms with E-state index in [-0.39, 0.29) is 19.0 Å². The van der Waals surface area contributed by atoms with E-state index in [1.54, 1.807) is 30.9 Å². The molecule has 0 saturated carbocycles. The Morgan fingerprint density at radius 1 is 0.917 bits per heavy atom. The Labute approximate surface area is 207 Å². The number of aryl methyl sites for hydroxylation is 2. The third-order valence-corrected chi connectivity index (χ3v) is 6.38. The molecule has 3 aromatic carbocycles. The molecule has 8 nitrogen and oxygen atoms in total. The van der Waals surface area contributed by atoms with Gasteiger partial charge in [0.1, 0.15) is 17.8 Å². The monoisotopic (exact) mass is 482 g/mol. The summed E-state index contributed by atoms with van der Waals surface area (Å²) in [5.74, 6) is 0.221. The van der Waals surface area contributed by atoms with Gasteiger partial charge in [0.15, 0.2) is 0 Å². The fourth-order valence-corrected chi connectivity index (χ4v) is 4.54. The van der Waals surface area contributed by atoms with Gasteiger partial charge in [-0.25, -0.2) is 4.79 Å². The van der Waals surface area contributed by atoms with Gasteiger partial charge in [-0.05, 0) is 42.8 Å². The van der Waals surface area contributed by atoms with Crippen molar-refractivity contribution in [2.75, 3.05) is 12.4 Å². The van der Waals surface area contributed by atoms with E-state index < -0.39 is 11.2 Å². The predicted octanol–water partition coefficient (Wildman–Crippen LogP) is 3.66. The fourth-order valence-electron chi connectivity index (χ4n) is 4.54. The molecule has 0 unspecified atom stereocenters. The number of nitrogens with one attached hydrogen (secondary N) is 1. The quantitative estimate of drug-likeness (QED) is 0.400. The molecule has 1 amide bonds. The summed E-state index contributed by atoms with van der Waals surface area (Å²) >= 11 is 0. The number of carbonyl (C=O) groups excluding carboxylic acids is 1. The zero-order chi connectivity index (χ0) is 25.4. The molecule has 0 saturated heterocycles. The second-order valence-electron chi connectivity index (χ2n) is 8.80. The van der Waals surface area contributed by atoms with Crippen molar-refractivity contribution in [1.29, 1.82) is 0 Å². The second-order valence-corrected chi connectivity index (χ2v) is 8.80. The van der Waals surface area contributed by atoms with E-state index in [0.717, 1.165) is 16.6 Å². The fraction of sp³-hybridized carbons (Fsp3) is 0.179. The first kappa shape index (κ1) is 23.2. The number of amides is 1. The molecule has 0 aliphatic heterocycles. The minimum atomic E-state index is -0.550. The summed E-state index contributed by atoms with van der Waals surface area (Å²) in [4.78, 5) is 40.5. The van der Waals surface area contributed by atoms with E-state index in [9.17, 15) is 14.4 Å². The molecule has 0 aliphatic carbocycles. The lowest BCUT2D eigenvalue weighted by Gasteiger charge is -2.14.